The molecule has 3 N–H and O–H groups in total. The highest BCUT2D eigenvalue weighted by Crippen LogP contribution is 2.33. The van der Waals surface area contributed by atoms with Crippen molar-refractivity contribution in [3.63, 3.8) is 0 Å². The Hall–Kier alpha value is -4.85. The van der Waals surface area contributed by atoms with Crippen LogP contribution in [0, 0.1) is 11.7 Å². The molecule has 6 rings (SSSR count). The summed E-state index contributed by atoms with van der Waals surface area (Å²) in [5, 5.41) is 11.0. The zero-order chi connectivity index (χ0) is 26.9. The van der Waals surface area contributed by atoms with Gasteiger partial charge in [0.1, 0.15) is 11.3 Å². The van der Waals surface area contributed by atoms with E-state index >= 15 is 0 Å². The lowest BCUT2D eigenvalue weighted by atomic mass is 9.83. The molecule has 4 heterocycles. The molecule has 8 heteroatoms. The van der Waals surface area contributed by atoms with E-state index in [1.807, 2.05) is 37.3 Å². The molecule has 1 aromatic carbocycles. The number of imidazole rings is 1. The number of rotatable bonds is 8. The summed E-state index contributed by atoms with van der Waals surface area (Å²) in [6.45, 7) is 10.2. The van der Waals surface area contributed by atoms with Crippen molar-refractivity contribution in [2.45, 2.75) is 26.2 Å². The number of aromatic amines is 2. The Morgan fingerprint density at radius 2 is 1.97 bits per heavy atom. The molecule has 0 aliphatic heterocycles. The lowest BCUT2D eigenvalue weighted by molar-refractivity contribution is 0.356. The molecular weight excluding hydrogens is 489 g/mol. The Kier molecular flexibility index (Phi) is 6.36. The maximum atomic E-state index is 13.9. The summed E-state index contributed by atoms with van der Waals surface area (Å²) in [5.74, 6) is 0.756. The highest BCUT2D eigenvalue weighted by molar-refractivity contribution is 5.95. The predicted octanol–water partition coefficient (Wildman–Crippen LogP) is 7.08. The van der Waals surface area contributed by atoms with E-state index in [-0.39, 0.29) is 5.82 Å². The van der Waals surface area contributed by atoms with Gasteiger partial charge >= 0.3 is 0 Å². The third-order valence-corrected chi connectivity index (χ3v) is 7.20. The van der Waals surface area contributed by atoms with Gasteiger partial charge in [-0.25, -0.2) is 14.4 Å². The zero-order valence-electron chi connectivity index (χ0n) is 21.6. The van der Waals surface area contributed by atoms with Crippen molar-refractivity contribution in [1.29, 1.82) is 0 Å². The normalized spacial score (nSPS) is 14.5. The van der Waals surface area contributed by atoms with Gasteiger partial charge in [-0.1, -0.05) is 37.8 Å². The molecule has 0 unspecified atom stereocenters. The van der Waals surface area contributed by atoms with Gasteiger partial charge in [-0.2, -0.15) is 5.10 Å². The number of halogens is 1. The van der Waals surface area contributed by atoms with Gasteiger partial charge in [0.2, 0.25) is 0 Å². The summed E-state index contributed by atoms with van der Waals surface area (Å²) < 4.78 is 13.9. The Balaban J connectivity index is 1.37. The molecule has 5 aromatic rings. The fraction of sp³-hybridized carbons (Fsp3) is 0.161. The largest absolute Gasteiger partial charge is 0.359 e. The van der Waals surface area contributed by atoms with Crippen LogP contribution in [0.2, 0.25) is 0 Å². The molecule has 194 valence electrons. The van der Waals surface area contributed by atoms with Crippen LogP contribution in [0.4, 0.5) is 4.39 Å². The molecule has 0 bridgehead atoms. The van der Waals surface area contributed by atoms with Crippen LogP contribution < -0.4 is 5.32 Å². The molecule has 0 amide bonds. The summed E-state index contributed by atoms with van der Waals surface area (Å²) in [6, 6.07) is 10.3. The first kappa shape index (κ1) is 24.5. The second kappa shape index (κ2) is 10.1. The van der Waals surface area contributed by atoms with Crippen molar-refractivity contribution < 1.29 is 4.39 Å². The number of nitrogens with one attached hydrogen (secondary N) is 3. The van der Waals surface area contributed by atoms with E-state index in [2.05, 4.69) is 38.6 Å². The van der Waals surface area contributed by atoms with E-state index in [9.17, 15) is 4.39 Å². The van der Waals surface area contributed by atoms with Gasteiger partial charge in [-0.05, 0) is 73.2 Å². The maximum absolute atomic E-state index is 13.9. The number of allylic oxidation sites excluding steroid dienone is 5. The average molecular weight is 518 g/mol. The average Bonchev–Trinajstić information content (AvgIpc) is 3.53. The van der Waals surface area contributed by atoms with E-state index in [4.69, 9.17) is 9.97 Å². The minimum atomic E-state index is -0.314. The van der Waals surface area contributed by atoms with E-state index in [0.29, 0.717) is 34.0 Å². The fourth-order valence-electron chi connectivity index (χ4n) is 4.80. The minimum absolute atomic E-state index is 0.314. The molecule has 1 saturated carbocycles. The quantitative estimate of drug-likeness (QED) is 0.191. The van der Waals surface area contributed by atoms with Gasteiger partial charge in [-0.15, -0.1) is 0 Å². The Morgan fingerprint density at radius 3 is 2.72 bits per heavy atom. The number of fused-ring (bicyclic) bond motifs is 2. The second-order valence-corrected chi connectivity index (χ2v) is 9.67. The number of H-pyrrole nitrogens is 2. The van der Waals surface area contributed by atoms with Crippen molar-refractivity contribution in [3.05, 3.63) is 103 Å². The monoisotopic (exact) mass is 517 g/mol. The molecule has 1 aliphatic rings. The summed E-state index contributed by atoms with van der Waals surface area (Å²) in [4.78, 5) is 17.4. The second-order valence-electron chi connectivity index (χ2n) is 9.67. The first-order chi connectivity index (χ1) is 19.0. The molecule has 0 spiro atoms. The van der Waals surface area contributed by atoms with Crippen LogP contribution in [0.25, 0.3) is 50.3 Å². The SMILES string of the molecule is C=C/C(=C\C(=C/C)c1ccc2[nH]nc(-c3nc4c(-c5cccc(F)c5)cncc4[nH]3)c2n1)NC(=C)C1CCC1. The van der Waals surface area contributed by atoms with Crippen molar-refractivity contribution in [2.24, 2.45) is 5.92 Å². The van der Waals surface area contributed by atoms with E-state index < -0.39 is 0 Å². The third kappa shape index (κ3) is 4.65. The Morgan fingerprint density at radius 1 is 1.10 bits per heavy atom. The molecule has 0 saturated heterocycles. The smallest absolute Gasteiger partial charge is 0.161 e. The van der Waals surface area contributed by atoms with Crippen molar-refractivity contribution in [3.8, 4) is 22.6 Å². The van der Waals surface area contributed by atoms with Gasteiger partial charge in [0.25, 0.3) is 0 Å². The van der Waals surface area contributed by atoms with Crippen LogP contribution in [0.1, 0.15) is 31.9 Å². The van der Waals surface area contributed by atoms with Gasteiger partial charge in [0, 0.05) is 23.2 Å². The molecule has 4 aromatic heterocycles. The molecule has 1 aliphatic carbocycles. The zero-order valence-corrected chi connectivity index (χ0v) is 21.6. The topological polar surface area (TPSA) is 95.2 Å². The maximum Gasteiger partial charge on any atom is 0.161 e. The van der Waals surface area contributed by atoms with Crippen molar-refractivity contribution in [1.82, 2.24) is 35.5 Å². The van der Waals surface area contributed by atoms with Crippen LogP contribution in [0.5, 0.6) is 0 Å². The van der Waals surface area contributed by atoms with Crippen LogP contribution in [-0.4, -0.2) is 30.1 Å². The first-order valence-electron chi connectivity index (χ1n) is 13.0. The fourth-order valence-corrected chi connectivity index (χ4v) is 4.80. The highest BCUT2D eigenvalue weighted by Gasteiger charge is 2.21. The van der Waals surface area contributed by atoms with Gasteiger partial charge in [0.15, 0.2) is 11.5 Å². The lowest BCUT2D eigenvalue weighted by Crippen LogP contribution is -2.23. The summed E-state index contributed by atoms with van der Waals surface area (Å²) in [6.07, 6.45) is 12.8. The summed E-state index contributed by atoms with van der Waals surface area (Å²) >= 11 is 0. The van der Waals surface area contributed by atoms with E-state index in [1.54, 1.807) is 24.5 Å². The van der Waals surface area contributed by atoms with Crippen LogP contribution in [0.15, 0.2) is 91.6 Å². The number of hydrogen-bond acceptors (Lipinski definition) is 5. The molecule has 0 atom stereocenters. The minimum Gasteiger partial charge on any atom is -0.359 e. The molecular formula is C31H28FN7. The summed E-state index contributed by atoms with van der Waals surface area (Å²) in [5.41, 5.74) is 8.55. The predicted molar refractivity (Wildman–Crippen MR) is 154 cm³/mol. The molecule has 1 fully saturated rings. The Labute approximate surface area is 225 Å². The van der Waals surface area contributed by atoms with Gasteiger partial charge in [-0.3, -0.25) is 10.1 Å². The number of nitrogens with zero attached hydrogens (tertiary/aromatic N) is 4. The van der Waals surface area contributed by atoms with Crippen LogP contribution >= 0.6 is 0 Å². The number of pyridine rings is 2. The van der Waals surface area contributed by atoms with Gasteiger partial charge in [0.05, 0.1) is 28.4 Å². The number of aromatic nitrogens is 6. The highest BCUT2D eigenvalue weighted by atomic mass is 19.1. The molecule has 7 nitrogen and oxygen atoms in total. The van der Waals surface area contributed by atoms with Crippen LogP contribution in [-0.2, 0) is 0 Å². The standard InChI is InChI=1S/C31H28FN7/c1-4-19(15-23(5-2)34-18(3)20-8-6-9-20)25-12-13-26-29(35-25)30(39-38-26)31-36-27-17-33-16-24(28(27)37-31)21-10-7-11-22(32)14-21/h4-5,7,10-17,20,34H,2-3,6,8-9H2,1H3,(H,36,37)(H,38,39)/b19-4+,23-15+. The first-order valence-corrected chi connectivity index (χ1v) is 13.0. The number of benzene rings is 1. The number of hydrogen-bond donors (Lipinski definition) is 3. The van der Waals surface area contributed by atoms with Gasteiger partial charge < -0.3 is 10.3 Å². The Bertz CT molecular complexity index is 1790. The summed E-state index contributed by atoms with van der Waals surface area (Å²) in [7, 11) is 0. The van der Waals surface area contributed by atoms with Crippen LogP contribution in [0.3, 0.4) is 0 Å². The molecule has 39 heavy (non-hydrogen) atoms. The van der Waals surface area contributed by atoms with Crippen molar-refractivity contribution >= 4 is 27.6 Å². The van der Waals surface area contributed by atoms with Crippen molar-refractivity contribution in [2.75, 3.05) is 0 Å². The lowest BCUT2D eigenvalue weighted by Gasteiger charge is -2.28. The van der Waals surface area contributed by atoms with E-state index in [1.165, 1.54) is 31.4 Å². The van der Waals surface area contributed by atoms with E-state index in [0.717, 1.165) is 39.3 Å². The third-order valence-electron chi connectivity index (χ3n) is 7.20. The molecule has 0 radical (unpaired) electrons.